The molecule has 0 bridgehead atoms. The quantitative estimate of drug-likeness (QED) is 0.178. The lowest BCUT2D eigenvalue weighted by Crippen LogP contribution is -2.25. The Balaban J connectivity index is 0.979. The fourth-order valence-electron chi connectivity index (χ4n) is 10.8. The van der Waals surface area contributed by atoms with Gasteiger partial charge in [0.05, 0.1) is 16.4 Å². The van der Waals surface area contributed by atoms with Gasteiger partial charge < -0.3 is 8.98 Å². The summed E-state index contributed by atoms with van der Waals surface area (Å²) in [5.41, 5.74) is 17.9. The van der Waals surface area contributed by atoms with Gasteiger partial charge in [-0.05, 0) is 99.1 Å². The third-order valence-corrected chi connectivity index (χ3v) is 13.5. The first-order chi connectivity index (χ1) is 31.2. The molecule has 3 aromatic heterocycles. The van der Waals surface area contributed by atoms with E-state index in [4.69, 9.17) is 19.4 Å². The second-order valence-corrected chi connectivity index (χ2v) is 16.7. The van der Waals surface area contributed by atoms with E-state index in [1.807, 2.05) is 72.8 Å². The van der Waals surface area contributed by atoms with Crippen LogP contribution in [0.4, 0.5) is 0 Å². The zero-order chi connectivity index (χ0) is 41.2. The average Bonchev–Trinajstić information content (AvgIpc) is 4.07. The van der Waals surface area contributed by atoms with Crippen LogP contribution in [0.3, 0.4) is 0 Å². The van der Waals surface area contributed by atoms with E-state index in [9.17, 15) is 0 Å². The number of fused-ring (bicyclic) bond motifs is 16. The van der Waals surface area contributed by atoms with Crippen LogP contribution in [-0.2, 0) is 5.41 Å². The molecule has 292 valence electrons. The minimum atomic E-state index is -0.412. The van der Waals surface area contributed by atoms with Crippen LogP contribution in [0.15, 0.2) is 211 Å². The van der Waals surface area contributed by atoms with E-state index >= 15 is 0 Å². The molecule has 0 atom stereocenters. The lowest BCUT2D eigenvalue weighted by molar-refractivity contribution is 0.669. The molecule has 0 unspecified atom stereocenters. The molecule has 0 saturated carbocycles. The maximum atomic E-state index is 6.52. The summed E-state index contributed by atoms with van der Waals surface area (Å²) in [4.78, 5) is 15.0. The highest BCUT2D eigenvalue weighted by Crippen LogP contribution is 2.63. The summed E-state index contributed by atoms with van der Waals surface area (Å²) in [6.45, 7) is 0. The third-order valence-electron chi connectivity index (χ3n) is 13.5. The first-order valence-corrected chi connectivity index (χ1v) is 21.4. The van der Waals surface area contributed by atoms with Crippen molar-refractivity contribution in [3.63, 3.8) is 0 Å². The molecule has 63 heavy (non-hydrogen) atoms. The highest BCUT2D eigenvalue weighted by Gasteiger charge is 2.51. The predicted molar refractivity (Wildman–Crippen MR) is 254 cm³/mol. The van der Waals surface area contributed by atoms with Crippen LogP contribution in [0.1, 0.15) is 22.3 Å². The van der Waals surface area contributed by atoms with E-state index in [1.54, 1.807) is 0 Å². The second kappa shape index (κ2) is 12.8. The van der Waals surface area contributed by atoms with Gasteiger partial charge in [-0.3, -0.25) is 0 Å². The van der Waals surface area contributed by atoms with Gasteiger partial charge in [-0.2, -0.15) is 0 Å². The number of nitrogens with zero attached hydrogens (tertiary/aromatic N) is 4. The number of hydrogen-bond acceptors (Lipinski definition) is 4. The zero-order valence-corrected chi connectivity index (χ0v) is 33.8. The maximum absolute atomic E-state index is 6.52. The van der Waals surface area contributed by atoms with Crippen molar-refractivity contribution in [2.24, 2.45) is 0 Å². The van der Waals surface area contributed by atoms with E-state index < -0.39 is 5.41 Å². The van der Waals surface area contributed by atoms with Crippen molar-refractivity contribution in [2.75, 3.05) is 0 Å². The topological polar surface area (TPSA) is 56.7 Å². The van der Waals surface area contributed by atoms with Crippen molar-refractivity contribution in [1.82, 2.24) is 19.5 Å². The zero-order valence-electron chi connectivity index (χ0n) is 33.8. The highest BCUT2D eigenvalue weighted by molar-refractivity contribution is 6.13. The Morgan fingerprint density at radius 3 is 1.48 bits per heavy atom. The predicted octanol–water partition coefficient (Wildman–Crippen LogP) is 14.2. The molecule has 2 aliphatic rings. The molecule has 0 fully saturated rings. The van der Waals surface area contributed by atoms with Crippen molar-refractivity contribution in [1.29, 1.82) is 0 Å². The smallest absolute Gasteiger partial charge is 0.164 e. The Bertz CT molecular complexity index is 3760. The Morgan fingerprint density at radius 2 is 0.841 bits per heavy atom. The minimum absolute atomic E-state index is 0.412. The number of benzene rings is 9. The number of rotatable bonds is 4. The molecule has 0 radical (unpaired) electrons. The molecule has 0 aliphatic heterocycles. The summed E-state index contributed by atoms with van der Waals surface area (Å²) in [7, 11) is 0. The van der Waals surface area contributed by atoms with E-state index in [0.717, 1.165) is 49.8 Å². The van der Waals surface area contributed by atoms with E-state index in [-0.39, 0.29) is 0 Å². The van der Waals surface area contributed by atoms with E-state index in [1.165, 1.54) is 60.8 Å². The lowest BCUT2D eigenvalue weighted by Gasteiger charge is -2.30. The molecular weight excluding hydrogens is 769 g/mol. The van der Waals surface area contributed by atoms with Gasteiger partial charge >= 0.3 is 0 Å². The van der Waals surface area contributed by atoms with Gasteiger partial charge in [0.15, 0.2) is 17.5 Å². The minimum Gasteiger partial charge on any atom is -0.456 e. The Kier molecular flexibility index (Phi) is 6.97. The number of furan rings is 1. The average molecular weight is 803 g/mol. The second-order valence-electron chi connectivity index (χ2n) is 16.7. The summed E-state index contributed by atoms with van der Waals surface area (Å²) in [6.07, 6.45) is 0. The van der Waals surface area contributed by atoms with Crippen LogP contribution < -0.4 is 0 Å². The Hall–Kier alpha value is -8.41. The van der Waals surface area contributed by atoms with E-state index in [2.05, 4.69) is 138 Å². The van der Waals surface area contributed by atoms with Crippen LogP contribution in [-0.4, -0.2) is 19.5 Å². The van der Waals surface area contributed by atoms with Crippen LogP contribution in [0, 0.1) is 0 Å². The van der Waals surface area contributed by atoms with Gasteiger partial charge in [-0.25, -0.2) is 15.0 Å². The number of para-hydroxylation sites is 1. The standard InChI is InChI=1S/C58H34N4O/c1-3-15-35(16-4-1)55-59-56(36-17-5-2-6-18-36)61-57(60-55)37-27-29-53-45(31-37)46-32-38(28-30-54(46)63-53)62-51-26-14-10-22-42(51)44-33-50-43(34-52(44)62)41-21-9-13-25-49(41)58(50)47-23-11-7-19-39(47)40-20-8-12-24-48(40)58/h1-34H. The van der Waals surface area contributed by atoms with Crippen molar-refractivity contribution in [3.8, 4) is 62.1 Å². The molecule has 12 aromatic rings. The molecule has 1 spiro atoms. The molecule has 5 heteroatoms. The summed E-state index contributed by atoms with van der Waals surface area (Å²) < 4.78 is 8.96. The summed E-state index contributed by atoms with van der Waals surface area (Å²) in [6, 6.07) is 73.8. The highest BCUT2D eigenvalue weighted by atomic mass is 16.3. The van der Waals surface area contributed by atoms with Gasteiger partial charge in [0.1, 0.15) is 11.2 Å². The van der Waals surface area contributed by atoms with Gasteiger partial charge in [0.2, 0.25) is 0 Å². The molecular formula is C58H34N4O. The Labute approximate surface area is 362 Å². The largest absolute Gasteiger partial charge is 0.456 e. The molecule has 3 heterocycles. The summed E-state index contributed by atoms with van der Waals surface area (Å²) in [5, 5.41) is 4.48. The molecule has 0 N–H and O–H groups in total. The fourth-order valence-corrected chi connectivity index (χ4v) is 10.8. The first-order valence-electron chi connectivity index (χ1n) is 21.4. The molecule has 0 amide bonds. The molecule has 0 saturated heterocycles. The molecule has 2 aliphatic carbocycles. The lowest BCUT2D eigenvalue weighted by atomic mass is 9.70. The van der Waals surface area contributed by atoms with Crippen molar-refractivity contribution in [3.05, 3.63) is 229 Å². The summed E-state index contributed by atoms with van der Waals surface area (Å²) >= 11 is 0. The van der Waals surface area contributed by atoms with Crippen molar-refractivity contribution >= 4 is 43.7 Å². The van der Waals surface area contributed by atoms with E-state index in [0.29, 0.717) is 17.5 Å². The Morgan fingerprint density at radius 1 is 0.333 bits per heavy atom. The van der Waals surface area contributed by atoms with Gasteiger partial charge in [-0.1, -0.05) is 152 Å². The first kappa shape index (κ1) is 34.3. The van der Waals surface area contributed by atoms with Gasteiger partial charge in [-0.15, -0.1) is 0 Å². The van der Waals surface area contributed by atoms with Crippen LogP contribution in [0.25, 0.3) is 106 Å². The van der Waals surface area contributed by atoms with Crippen LogP contribution in [0.2, 0.25) is 0 Å². The SMILES string of the molecule is c1ccc(-c2nc(-c3ccccc3)nc(-c3ccc4oc5ccc(-n6c7ccccc7c7cc8c(cc76)-c6ccccc6C86c7ccccc7-c7ccccc76)cc5c4c3)n2)cc1. The fraction of sp³-hybridized carbons (Fsp3) is 0.0172. The number of hydrogen-bond donors (Lipinski definition) is 0. The summed E-state index contributed by atoms with van der Waals surface area (Å²) in [5.74, 6) is 1.87. The third kappa shape index (κ3) is 4.73. The monoisotopic (exact) mass is 802 g/mol. The molecule has 14 rings (SSSR count). The molecule has 9 aromatic carbocycles. The van der Waals surface area contributed by atoms with Gasteiger partial charge in [0, 0.05) is 43.9 Å². The maximum Gasteiger partial charge on any atom is 0.164 e. The van der Waals surface area contributed by atoms with Crippen LogP contribution >= 0.6 is 0 Å². The van der Waals surface area contributed by atoms with Crippen LogP contribution in [0.5, 0.6) is 0 Å². The van der Waals surface area contributed by atoms with Crippen molar-refractivity contribution < 1.29 is 4.42 Å². The van der Waals surface area contributed by atoms with Gasteiger partial charge in [0.25, 0.3) is 0 Å². The van der Waals surface area contributed by atoms with Crippen molar-refractivity contribution in [2.45, 2.75) is 5.41 Å². The normalized spacial score (nSPS) is 13.2. The molecule has 5 nitrogen and oxygen atoms in total. The number of aromatic nitrogens is 4.